The minimum atomic E-state index is -0.833. The first-order valence-electron chi connectivity index (χ1n) is 6.70. The van der Waals surface area contributed by atoms with Gasteiger partial charge in [0, 0.05) is 25.2 Å². The number of para-hydroxylation sites is 1. The molecule has 0 aliphatic heterocycles. The summed E-state index contributed by atoms with van der Waals surface area (Å²) in [4.78, 5) is 13.2. The van der Waals surface area contributed by atoms with E-state index in [9.17, 15) is 5.11 Å². The molecule has 0 saturated carbocycles. The molecule has 0 amide bonds. The van der Waals surface area contributed by atoms with Gasteiger partial charge in [-0.05, 0) is 12.1 Å². The van der Waals surface area contributed by atoms with Crippen molar-refractivity contribution in [3.05, 3.63) is 66.9 Å². The molecule has 0 bridgehead atoms. The van der Waals surface area contributed by atoms with Crippen molar-refractivity contribution in [1.82, 2.24) is 5.32 Å². The maximum atomic E-state index is 9.49. The van der Waals surface area contributed by atoms with Crippen LogP contribution in [0.5, 0.6) is 5.75 Å². The van der Waals surface area contributed by atoms with E-state index in [4.69, 9.17) is 20.3 Å². The van der Waals surface area contributed by atoms with Crippen LogP contribution in [0.1, 0.15) is 12.5 Å². The van der Waals surface area contributed by atoms with E-state index in [-0.39, 0.29) is 5.75 Å². The number of aromatic hydroxyl groups is 1. The Hall–Kier alpha value is -2.51. The Morgan fingerprint density at radius 3 is 2.62 bits per heavy atom. The summed E-state index contributed by atoms with van der Waals surface area (Å²) in [7, 11) is 0. The number of carboxylic acids is 1. The first kappa shape index (κ1) is 23.7. The molecule has 0 heterocycles. The fourth-order valence-corrected chi connectivity index (χ4v) is 1.18. The predicted molar refractivity (Wildman–Crippen MR) is 88.4 cm³/mol. The van der Waals surface area contributed by atoms with Crippen LogP contribution in [0, 0.1) is 12.7 Å². The average molecular weight is 375 g/mol. The van der Waals surface area contributed by atoms with Crippen LogP contribution in [0.25, 0.3) is 0 Å². The molecule has 3 N–H and O–H groups in total. The number of aliphatic imine (C=N–C) groups is 1. The molecule has 0 saturated heterocycles. The minimum absolute atomic E-state index is 0.241. The average Bonchev–Trinajstić information content (AvgIpc) is 2.56. The third-order valence-corrected chi connectivity index (χ3v) is 2.04. The van der Waals surface area contributed by atoms with Crippen LogP contribution < -0.4 is 5.32 Å². The van der Waals surface area contributed by atoms with E-state index in [0.717, 1.165) is 12.5 Å². The van der Waals surface area contributed by atoms with Crippen molar-refractivity contribution in [1.29, 1.82) is 0 Å². The SMILES string of the molecule is CC(=O)O.[CH-]=C/C=C\[C-]=CNCCN=Cc1ccccc1O.[O]=[Co]. The van der Waals surface area contributed by atoms with Crippen molar-refractivity contribution in [3.8, 4) is 5.75 Å². The van der Waals surface area contributed by atoms with Crippen LogP contribution in [0.3, 0.4) is 0 Å². The van der Waals surface area contributed by atoms with Gasteiger partial charge in [0.15, 0.2) is 0 Å². The molecule has 1 aromatic carbocycles. The molecular weight excluding hydrogens is 355 g/mol. The Balaban J connectivity index is 0. The standard InChI is InChI=1S/C15H16N2O.C2H4O2.Co.O/c1-2-3-4-7-10-16-11-12-17-13-14-8-5-6-9-15(14)18;1-2(3)4;;/h1-6,8-10,13,16,18H,11-12H2;1H3,(H,3,4);;/q-2;;;/b4-3-,17-13?;;;. The fourth-order valence-electron chi connectivity index (χ4n) is 1.18. The van der Waals surface area contributed by atoms with Crippen molar-refractivity contribution >= 4 is 12.2 Å². The van der Waals surface area contributed by atoms with Crippen LogP contribution in [0.2, 0.25) is 0 Å². The van der Waals surface area contributed by atoms with Gasteiger partial charge in [-0.25, -0.2) is 24.3 Å². The van der Waals surface area contributed by atoms with E-state index < -0.39 is 5.97 Å². The van der Waals surface area contributed by atoms with Gasteiger partial charge < -0.3 is 15.5 Å². The third kappa shape index (κ3) is 17.5. The first-order valence-corrected chi connectivity index (χ1v) is 7.12. The van der Waals surface area contributed by atoms with Gasteiger partial charge in [-0.2, -0.15) is 0 Å². The zero-order valence-electron chi connectivity index (χ0n) is 13.2. The number of rotatable bonds is 7. The number of nitrogens with one attached hydrogen (secondary N) is 1. The number of aliphatic carboxylic acids is 1. The van der Waals surface area contributed by atoms with Crippen molar-refractivity contribution in [2.75, 3.05) is 13.1 Å². The normalized spacial score (nSPS) is 9.92. The quantitative estimate of drug-likeness (QED) is 0.294. The molecule has 0 aliphatic rings. The molecule has 0 atom stereocenters. The van der Waals surface area contributed by atoms with Crippen LogP contribution in [-0.4, -0.2) is 35.5 Å². The number of phenolic OH excluding ortho intramolecular Hbond substituents is 1. The molecule has 1 aromatic rings. The Morgan fingerprint density at radius 2 is 2.04 bits per heavy atom. The Morgan fingerprint density at radius 1 is 1.42 bits per heavy atom. The summed E-state index contributed by atoms with van der Waals surface area (Å²) in [6, 6.07) is 7.09. The summed E-state index contributed by atoms with van der Waals surface area (Å²) in [6.07, 6.45) is 11.1. The predicted octanol–water partition coefficient (Wildman–Crippen LogP) is 2.23. The zero-order chi connectivity index (χ0) is 18.6. The van der Waals surface area contributed by atoms with Crippen LogP contribution in [0.15, 0.2) is 53.7 Å². The van der Waals surface area contributed by atoms with Crippen molar-refractivity contribution < 1.29 is 34.5 Å². The Kier molecular flexibility index (Phi) is 18.3. The second-order valence-corrected chi connectivity index (χ2v) is 3.93. The second kappa shape index (κ2) is 18.5. The number of nitrogens with zero attached hydrogens (tertiary/aromatic N) is 1. The van der Waals surface area contributed by atoms with Gasteiger partial charge in [0.25, 0.3) is 5.97 Å². The number of carbonyl (C=O) groups is 1. The van der Waals surface area contributed by atoms with Crippen LogP contribution in [-0.2, 0) is 24.3 Å². The second-order valence-electron chi connectivity index (χ2n) is 3.93. The van der Waals surface area contributed by atoms with Gasteiger partial charge in [-0.3, -0.25) is 16.4 Å². The number of hydrogen-bond donors (Lipinski definition) is 3. The van der Waals surface area contributed by atoms with Crippen LogP contribution in [0.4, 0.5) is 0 Å². The Bertz CT molecular complexity index is 553. The molecule has 0 aromatic heterocycles. The van der Waals surface area contributed by atoms with Crippen molar-refractivity contribution in [2.45, 2.75) is 6.92 Å². The summed E-state index contributed by atoms with van der Waals surface area (Å²) in [5.74, 6) is -0.592. The summed E-state index contributed by atoms with van der Waals surface area (Å²) in [6.45, 7) is 7.56. The topological polar surface area (TPSA) is 99.0 Å². The van der Waals surface area contributed by atoms with E-state index in [1.165, 1.54) is 6.08 Å². The number of phenols is 1. The number of hydrogen-bond acceptors (Lipinski definition) is 5. The molecule has 0 spiro atoms. The molecule has 7 heteroatoms. The fraction of sp³-hybridized carbons (Fsp3) is 0.176. The molecule has 1 rings (SSSR count). The molecule has 6 nitrogen and oxygen atoms in total. The van der Waals surface area contributed by atoms with Gasteiger partial charge in [0.2, 0.25) is 0 Å². The van der Waals surface area contributed by atoms with Gasteiger partial charge in [0.1, 0.15) is 5.75 Å². The van der Waals surface area contributed by atoms with E-state index in [0.29, 0.717) is 13.1 Å². The third-order valence-electron chi connectivity index (χ3n) is 2.04. The first-order chi connectivity index (χ1) is 11.6. The number of allylic oxidation sites excluding steroid dienone is 4. The Labute approximate surface area is 150 Å². The molecule has 0 radical (unpaired) electrons. The van der Waals surface area contributed by atoms with Crippen molar-refractivity contribution in [2.24, 2.45) is 4.99 Å². The summed E-state index contributed by atoms with van der Waals surface area (Å²) in [5, 5.41) is 19.9. The monoisotopic (exact) mass is 375 g/mol. The zero-order valence-corrected chi connectivity index (χ0v) is 14.2. The van der Waals surface area contributed by atoms with E-state index in [1.54, 1.807) is 36.7 Å². The maximum absolute atomic E-state index is 9.49. The van der Waals surface area contributed by atoms with Gasteiger partial charge in [-0.1, -0.05) is 18.3 Å². The summed E-state index contributed by atoms with van der Waals surface area (Å²) in [5.41, 5.74) is 0.723. The summed E-state index contributed by atoms with van der Waals surface area (Å²) < 4.78 is 7.94. The number of benzene rings is 1. The van der Waals surface area contributed by atoms with E-state index in [1.807, 2.05) is 12.1 Å². The molecule has 0 aliphatic carbocycles. The van der Waals surface area contributed by atoms with Gasteiger partial charge in [0.05, 0.1) is 6.54 Å². The van der Waals surface area contributed by atoms with Gasteiger partial charge >= 0.3 is 19.5 Å². The molecule has 0 fully saturated rings. The summed E-state index contributed by atoms with van der Waals surface area (Å²) >= 11 is 2.31. The molecule has 24 heavy (non-hydrogen) atoms. The molecule has 133 valence electrons. The van der Waals surface area contributed by atoms with Crippen LogP contribution >= 0.6 is 0 Å². The molecule has 0 unspecified atom stereocenters. The van der Waals surface area contributed by atoms with Gasteiger partial charge in [-0.15, -0.1) is 0 Å². The van der Waals surface area contributed by atoms with Crippen molar-refractivity contribution in [3.63, 3.8) is 0 Å². The van der Waals surface area contributed by atoms with E-state index in [2.05, 4.69) is 32.1 Å². The molecular formula is C17H20CoN2O4-2. The van der Waals surface area contributed by atoms with E-state index >= 15 is 0 Å². The number of carboxylic acid groups (broad SMARTS) is 1.